The average Bonchev–Trinajstić information content (AvgIpc) is 2.61. The van der Waals surface area contributed by atoms with Gasteiger partial charge in [-0.15, -0.1) is 0 Å². The Morgan fingerprint density at radius 3 is 2.43 bits per heavy atom. The fourth-order valence-electron chi connectivity index (χ4n) is 2.94. The van der Waals surface area contributed by atoms with E-state index in [1.165, 1.54) is 24.9 Å². The van der Waals surface area contributed by atoms with Gasteiger partial charge in [0.2, 0.25) is 0 Å². The molecule has 3 rings (SSSR count). The summed E-state index contributed by atoms with van der Waals surface area (Å²) in [4.78, 5) is 2.43. The molecule has 0 amide bonds. The minimum atomic E-state index is 0.623. The second kappa shape index (κ2) is 7.35. The highest BCUT2D eigenvalue weighted by Crippen LogP contribution is 2.24. The Morgan fingerprint density at radius 2 is 1.78 bits per heavy atom. The summed E-state index contributed by atoms with van der Waals surface area (Å²) in [5.74, 6) is 0. The topological polar surface area (TPSA) is 27.0 Å². The molecule has 1 fully saturated rings. The van der Waals surface area contributed by atoms with Crippen LogP contribution in [0, 0.1) is 11.3 Å². The molecule has 0 saturated carbocycles. The standard InChI is InChI=1S/C20H19ClN2/c21-19-6-4-5-17(14-19)18(15-22)13-16-7-9-20(10-8-16)23-11-2-1-3-12-23/h4-10,13-14H,1-3,11-12H2. The molecule has 3 heteroatoms. The Hall–Kier alpha value is -2.24. The van der Waals surface area contributed by atoms with E-state index in [-0.39, 0.29) is 0 Å². The van der Waals surface area contributed by atoms with E-state index in [0.29, 0.717) is 10.6 Å². The maximum atomic E-state index is 9.42. The highest BCUT2D eigenvalue weighted by atomic mass is 35.5. The summed E-state index contributed by atoms with van der Waals surface area (Å²) < 4.78 is 0. The first-order valence-corrected chi connectivity index (χ1v) is 8.37. The number of piperidine rings is 1. The number of nitriles is 1. The van der Waals surface area contributed by atoms with Gasteiger partial charge in [-0.25, -0.2) is 0 Å². The van der Waals surface area contributed by atoms with Crippen molar-refractivity contribution in [2.24, 2.45) is 0 Å². The van der Waals surface area contributed by atoms with Crippen molar-refractivity contribution in [2.75, 3.05) is 18.0 Å². The van der Waals surface area contributed by atoms with E-state index in [2.05, 4.69) is 35.2 Å². The smallest absolute Gasteiger partial charge is 0.0998 e. The lowest BCUT2D eigenvalue weighted by Crippen LogP contribution is -2.29. The van der Waals surface area contributed by atoms with Crippen LogP contribution in [0.5, 0.6) is 0 Å². The molecule has 2 aromatic carbocycles. The normalized spacial score (nSPS) is 15.3. The van der Waals surface area contributed by atoms with E-state index < -0.39 is 0 Å². The highest BCUT2D eigenvalue weighted by molar-refractivity contribution is 6.30. The van der Waals surface area contributed by atoms with E-state index >= 15 is 0 Å². The van der Waals surface area contributed by atoms with E-state index in [4.69, 9.17) is 11.6 Å². The van der Waals surface area contributed by atoms with Gasteiger partial charge in [0.05, 0.1) is 11.6 Å². The van der Waals surface area contributed by atoms with E-state index in [0.717, 1.165) is 24.2 Å². The van der Waals surface area contributed by atoms with Gasteiger partial charge in [-0.05, 0) is 60.7 Å². The van der Waals surface area contributed by atoms with Gasteiger partial charge in [0, 0.05) is 23.8 Å². The van der Waals surface area contributed by atoms with Crippen LogP contribution in [0.3, 0.4) is 0 Å². The van der Waals surface area contributed by atoms with Crippen molar-refractivity contribution in [3.05, 3.63) is 64.7 Å². The summed E-state index contributed by atoms with van der Waals surface area (Å²) in [7, 11) is 0. The van der Waals surface area contributed by atoms with Crippen molar-refractivity contribution in [2.45, 2.75) is 19.3 Å². The van der Waals surface area contributed by atoms with E-state index in [9.17, 15) is 5.26 Å². The van der Waals surface area contributed by atoms with Crippen LogP contribution in [-0.2, 0) is 0 Å². The Labute approximate surface area is 142 Å². The lowest BCUT2D eigenvalue weighted by atomic mass is 10.0. The molecule has 1 aliphatic rings. The van der Waals surface area contributed by atoms with Gasteiger partial charge in [0.25, 0.3) is 0 Å². The lowest BCUT2D eigenvalue weighted by Gasteiger charge is -2.28. The number of halogens is 1. The van der Waals surface area contributed by atoms with Gasteiger partial charge >= 0.3 is 0 Å². The molecular weight excluding hydrogens is 304 g/mol. The number of hydrogen-bond acceptors (Lipinski definition) is 2. The molecule has 23 heavy (non-hydrogen) atoms. The molecule has 2 nitrogen and oxygen atoms in total. The maximum absolute atomic E-state index is 9.42. The first-order valence-electron chi connectivity index (χ1n) is 7.99. The first-order chi connectivity index (χ1) is 11.3. The molecule has 0 atom stereocenters. The molecule has 0 radical (unpaired) electrons. The molecule has 0 bridgehead atoms. The molecule has 0 unspecified atom stereocenters. The minimum Gasteiger partial charge on any atom is -0.372 e. The van der Waals surface area contributed by atoms with Crippen molar-refractivity contribution in [1.29, 1.82) is 5.26 Å². The van der Waals surface area contributed by atoms with Crippen molar-refractivity contribution < 1.29 is 0 Å². The molecule has 0 aromatic heterocycles. The molecule has 116 valence electrons. The van der Waals surface area contributed by atoms with Crippen LogP contribution < -0.4 is 4.90 Å². The number of benzene rings is 2. The lowest BCUT2D eigenvalue weighted by molar-refractivity contribution is 0.578. The van der Waals surface area contributed by atoms with E-state index in [1.807, 2.05) is 30.3 Å². The molecule has 1 heterocycles. The second-order valence-corrected chi connectivity index (χ2v) is 6.26. The summed E-state index contributed by atoms with van der Waals surface area (Å²) in [5, 5.41) is 10.1. The summed E-state index contributed by atoms with van der Waals surface area (Å²) in [6, 6.07) is 18.1. The zero-order valence-corrected chi connectivity index (χ0v) is 13.8. The third-order valence-electron chi connectivity index (χ3n) is 4.18. The van der Waals surface area contributed by atoms with Crippen LogP contribution in [0.4, 0.5) is 5.69 Å². The molecule has 0 aliphatic carbocycles. The fourth-order valence-corrected chi connectivity index (χ4v) is 3.13. The molecular formula is C20H19ClN2. The van der Waals surface area contributed by atoms with Crippen LogP contribution in [0.15, 0.2) is 48.5 Å². The number of anilines is 1. The summed E-state index contributed by atoms with van der Waals surface area (Å²) in [6.07, 6.45) is 5.79. The second-order valence-electron chi connectivity index (χ2n) is 5.82. The van der Waals surface area contributed by atoms with Crippen LogP contribution in [0.1, 0.15) is 30.4 Å². The Bertz CT molecular complexity index is 735. The quantitative estimate of drug-likeness (QED) is 0.559. The van der Waals surface area contributed by atoms with Gasteiger partial charge in [-0.1, -0.05) is 35.9 Å². The average molecular weight is 323 g/mol. The molecule has 0 spiro atoms. The van der Waals surface area contributed by atoms with Gasteiger partial charge in [-0.2, -0.15) is 5.26 Å². The van der Waals surface area contributed by atoms with Gasteiger partial charge in [0.15, 0.2) is 0 Å². The zero-order valence-electron chi connectivity index (χ0n) is 13.0. The van der Waals surface area contributed by atoms with Crippen LogP contribution in [0.25, 0.3) is 11.6 Å². The Balaban J connectivity index is 1.82. The van der Waals surface area contributed by atoms with E-state index in [1.54, 1.807) is 0 Å². The number of allylic oxidation sites excluding steroid dienone is 1. The molecule has 2 aromatic rings. The Kier molecular flexibility index (Phi) is 5.00. The SMILES string of the molecule is N#CC(=Cc1ccc(N2CCCCC2)cc1)c1cccc(Cl)c1. The highest BCUT2D eigenvalue weighted by Gasteiger charge is 2.10. The number of nitrogens with zero attached hydrogens (tertiary/aromatic N) is 2. The minimum absolute atomic E-state index is 0.623. The largest absolute Gasteiger partial charge is 0.372 e. The van der Waals surface area contributed by atoms with Crippen LogP contribution in [0.2, 0.25) is 5.02 Å². The van der Waals surface area contributed by atoms with Gasteiger partial charge in [0.1, 0.15) is 0 Å². The first kappa shape index (κ1) is 15.6. The zero-order chi connectivity index (χ0) is 16.1. The predicted molar refractivity (Wildman–Crippen MR) is 97.4 cm³/mol. The van der Waals surface area contributed by atoms with Crippen molar-refractivity contribution in [1.82, 2.24) is 0 Å². The number of hydrogen-bond donors (Lipinski definition) is 0. The third-order valence-corrected chi connectivity index (χ3v) is 4.42. The summed E-state index contributed by atoms with van der Waals surface area (Å²) >= 11 is 6.01. The fraction of sp³-hybridized carbons (Fsp3) is 0.250. The van der Waals surface area contributed by atoms with Crippen LogP contribution >= 0.6 is 11.6 Å². The monoisotopic (exact) mass is 322 g/mol. The third kappa shape index (κ3) is 3.94. The maximum Gasteiger partial charge on any atom is 0.0998 e. The molecule has 1 aliphatic heterocycles. The number of rotatable bonds is 3. The summed E-state index contributed by atoms with van der Waals surface area (Å²) in [6.45, 7) is 2.28. The van der Waals surface area contributed by atoms with Gasteiger partial charge < -0.3 is 4.90 Å². The van der Waals surface area contributed by atoms with Crippen LogP contribution in [-0.4, -0.2) is 13.1 Å². The summed E-state index contributed by atoms with van der Waals surface area (Å²) in [5.41, 5.74) is 3.77. The Morgan fingerprint density at radius 1 is 1.04 bits per heavy atom. The van der Waals surface area contributed by atoms with Crippen molar-refractivity contribution >= 4 is 28.9 Å². The van der Waals surface area contributed by atoms with Crippen molar-refractivity contribution in [3.8, 4) is 6.07 Å². The van der Waals surface area contributed by atoms with Crippen molar-refractivity contribution in [3.63, 3.8) is 0 Å². The predicted octanol–water partition coefficient (Wildman–Crippen LogP) is 5.39. The van der Waals surface area contributed by atoms with Gasteiger partial charge in [-0.3, -0.25) is 0 Å². The molecule has 0 N–H and O–H groups in total. The molecule has 1 saturated heterocycles.